The molecule has 0 saturated carbocycles. The second kappa shape index (κ2) is 27.3. The van der Waals surface area contributed by atoms with E-state index < -0.39 is 86.8 Å². The van der Waals surface area contributed by atoms with Crippen LogP contribution in [0.3, 0.4) is 0 Å². The highest BCUT2D eigenvalue weighted by Crippen LogP contribution is 2.29. The van der Waals surface area contributed by atoms with Crippen molar-refractivity contribution >= 4 is 5.91 Å². The highest BCUT2D eigenvalue weighted by Gasteiger charge is 2.50. The van der Waals surface area contributed by atoms with E-state index in [1.165, 1.54) is 0 Å². The molecule has 0 aromatic carbocycles. The van der Waals surface area contributed by atoms with E-state index in [4.69, 9.17) is 18.9 Å². The lowest BCUT2D eigenvalue weighted by atomic mass is 9.97. The average molecular weight is 756 g/mol. The van der Waals surface area contributed by atoms with Crippen molar-refractivity contribution in [1.29, 1.82) is 0 Å². The lowest BCUT2D eigenvalue weighted by Crippen LogP contribution is -2.65. The Bertz CT molecular complexity index is 1130. The number of hydrogen-bond acceptors (Lipinski definition) is 13. The molecule has 2 aliphatic rings. The highest BCUT2D eigenvalue weighted by atomic mass is 16.7. The molecule has 0 bridgehead atoms. The molecule has 53 heavy (non-hydrogen) atoms. The number of carbonyl (C=O) groups excluding carboxylic acids is 1. The van der Waals surface area contributed by atoms with Crippen molar-refractivity contribution in [3.05, 3.63) is 60.8 Å². The Labute approximate surface area is 314 Å². The summed E-state index contributed by atoms with van der Waals surface area (Å²) < 4.78 is 22.4. The van der Waals surface area contributed by atoms with Crippen LogP contribution in [0, 0.1) is 0 Å². The molecule has 14 heteroatoms. The smallest absolute Gasteiger partial charge is 0.220 e. The number of nitrogens with one attached hydrogen (secondary N) is 1. The van der Waals surface area contributed by atoms with Crippen LogP contribution < -0.4 is 5.32 Å². The van der Waals surface area contributed by atoms with Crippen LogP contribution in [0.4, 0.5) is 0 Å². The Morgan fingerprint density at radius 1 is 0.698 bits per heavy atom. The number of ether oxygens (including phenoxy) is 4. The summed E-state index contributed by atoms with van der Waals surface area (Å²) in [6.45, 7) is 2.41. The first-order valence-electron chi connectivity index (χ1n) is 19.0. The summed E-state index contributed by atoms with van der Waals surface area (Å²) in [5.74, 6) is -0.295. The summed E-state index contributed by atoms with van der Waals surface area (Å²) in [4.78, 5) is 12.9. The Kier molecular flexibility index (Phi) is 24.1. The van der Waals surface area contributed by atoms with Gasteiger partial charge in [0.05, 0.1) is 32.0 Å². The van der Waals surface area contributed by atoms with Gasteiger partial charge in [0.15, 0.2) is 12.6 Å². The van der Waals surface area contributed by atoms with Crippen LogP contribution >= 0.6 is 0 Å². The van der Waals surface area contributed by atoms with Gasteiger partial charge in [-0.1, -0.05) is 87.4 Å². The van der Waals surface area contributed by atoms with E-state index in [2.05, 4.69) is 60.8 Å². The van der Waals surface area contributed by atoms with Gasteiger partial charge >= 0.3 is 0 Å². The van der Waals surface area contributed by atoms with E-state index in [1.54, 1.807) is 6.08 Å². The molecule has 12 unspecified atom stereocenters. The number of aliphatic hydroxyl groups is 8. The van der Waals surface area contributed by atoms with Crippen LogP contribution in [0.15, 0.2) is 60.8 Å². The third kappa shape index (κ3) is 16.9. The average Bonchev–Trinajstić information content (AvgIpc) is 3.15. The fraction of sp³-hybridized carbons (Fsp3) is 0.718. The summed E-state index contributed by atoms with van der Waals surface area (Å²) in [5.41, 5.74) is 0. The highest BCUT2D eigenvalue weighted by molar-refractivity contribution is 5.76. The van der Waals surface area contributed by atoms with Crippen LogP contribution in [0.2, 0.25) is 0 Å². The molecule has 0 radical (unpaired) electrons. The minimum absolute atomic E-state index is 0.223. The molecule has 2 fully saturated rings. The molecule has 0 aromatic rings. The van der Waals surface area contributed by atoms with Gasteiger partial charge in [-0.2, -0.15) is 0 Å². The van der Waals surface area contributed by atoms with E-state index in [0.29, 0.717) is 6.42 Å². The van der Waals surface area contributed by atoms with Gasteiger partial charge in [0.2, 0.25) is 5.91 Å². The van der Waals surface area contributed by atoms with Crippen molar-refractivity contribution in [3.63, 3.8) is 0 Å². The van der Waals surface area contributed by atoms with Crippen molar-refractivity contribution in [2.75, 3.05) is 19.8 Å². The van der Waals surface area contributed by atoms with Gasteiger partial charge in [-0.15, -0.1) is 0 Å². The number of amides is 1. The van der Waals surface area contributed by atoms with Crippen LogP contribution in [0.5, 0.6) is 0 Å². The molecule has 304 valence electrons. The molecule has 0 aromatic heterocycles. The quantitative estimate of drug-likeness (QED) is 0.0477. The Morgan fingerprint density at radius 3 is 1.91 bits per heavy atom. The van der Waals surface area contributed by atoms with Gasteiger partial charge in [0.25, 0.3) is 0 Å². The standard InChI is InChI=1S/C39H65NO13/c1-3-5-7-9-10-11-12-13-14-15-16-17-18-19-21-23-31(44)40-27(28(43)22-20-8-6-4-2)26-50-38-36(49)34(47)37(30(25-42)52-38)53-39-35(48)33(46)32(45)29(24-41)51-39/h5,7,10-11,13-14,16-17,20,22,27-30,32-39,41-43,45-49H,3-4,6,8-9,12,15,18-19,21,23-26H2,1-2H3,(H,40,44)/b7-5-,11-10-,14-13-,17-16-,22-20+. The summed E-state index contributed by atoms with van der Waals surface area (Å²) >= 11 is 0. The first kappa shape index (κ1) is 46.8. The zero-order chi connectivity index (χ0) is 39.0. The maximum Gasteiger partial charge on any atom is 0.220 e. The number of aliphatic hydroxyl groups excluding tert-OH is 8. The molecule has 12 atom stereocenters. The Hall–Kier alpha value is -2.31. The minimum Gasteiger partial charge on any atom is -0.394 e. The topological polar surface area (TPSA) is 228 Å². The van der Waals surface area contributed by atoms with Crippen LogP contribution in [0.1, 0.15) is 84.5 Å². The molecular weight excluding hydrogens is 690 g/mol. The van der Waals surface area contributed by atoms with Gasteiger partial charge in [-0.05, 0) is 51.4 Å². The van der Waals surface area contributed by atoms with Crippen molar-refractivity contribution < 1.29 is 64.6 Å². The van der Waals surface area contributed by atoms with Crippen molar-refractivity contribution in [1.82, 2.24) is 5.32 Å². The van der Waals surface area contributed by atoms with Crippen molar-refractivity contribution in [2.24, 2.45) is 0 Å². The summed E-state index contributed by atoms with van der Waals surface area (Å²) in [6, 6.07) is -0.932. The van der Waals surface area contributed by atoms with E-state index in [9.17, 15) is 45.6 Å². The second-order valence-corrected chi connectivity index (χ2v) is 13.3. The van der Waals surface area contributed by atoms with Crippen molar-refractivity contribution in [3.8, 4) is 0 Å². The molecule has 0 aliphatic carbocycles. The predicted molar refractivity (Wildman–Crippen MR) is 198 cm³/mol. The molecule has 2 saturated heterocycles. The van der Waals surface area contributed by atoms with Crippen LogP contribution in [-0.4, -0.2) is 140 Å². The first-order chi connectivity index (χ1) is 25.6. The van der Waals surface area contributed by atoms with Gasteiger partial charge in [-0.3, -0.25) is 4.79 Å². The number of unbranched alkanes of at least 4 members (excludes halogenated alkanes) is 4. The van der Waals surface area contributed by atoms with Gasteiger partial charge in [0, 0.05) is 6.42 Å². The summed E-state index contributed by atoms with van der Waals surface area (Å²) in [7, 11) is 0. The predicted octanol–water partition coefficient (Wildman–Crippen LogP) is 1.58. The summed E-state index contributed by atoms with van der Waals surface area (Å²) in [6.07, 6.45) is 12.2. The lowest BCUT2D eigenvalue weighted by Gasteiger charge is -2.46. The first-order valence-corrected chi connectivity index (χ1v) is 19.0. The maximum absolute atomic E-state index is 12.9. The molecular formula is C39H65NO13. The fourth-order valence-corrected chi connectivity index (χ4v) is 5.73. The molecule has 2 rings (SSSR count). The summed E-state index contributed by atoms with van der Waals surface area (Å²) in [5, 5.41) is 85.5. The Balaban J connectivity index is 1.89. The third-order valence-corrected chi connectivity index (χ3v) is 8.96. The molecule has 9 N–H and O–H groups in total. The second-order valence-electron chi connectivity index (χ2n) is 13.3. The number of hydrogen-bond donors (Lipinski definition) is 9. The third-order valence-electron chi connectivity index (χ3n) is 8.96. The maximum atomic E-state index is 12.9. The van der Waals surface area contributed by atoms with Gasteiger partial charge in [0.1, 0.15) is 48.8 Å². The molecule has 2 aliphatic heterocycles. The fourth-order valence-electron chi connectivity index (χ4n) is 5.73. The molecule has 1 amide bonds. The van der Waals surface area contributed by atoms with Crippen LogP contribution in [0.25, 0.3) is 0 Å². The van der Waals surface area contributed by atoms with Gasteiger partial charge in [-0.25, -0.2) is 0 Å². The number of allylic oxidation sites excluding steroid dienone is 9. The Morgan fingerprint density at radius 2 is 1.28 bits per heavy atom. The van der Waals surface area contributed by atoms with E-state index in [0.717, 1.165) is 57.8 Å². The largest absolute Gasteiger partial charge is 0.394 e. The number of rotatable bonds is 25. The molecule has 2 heterocycles. The molecule has 14 nitrogen and oxygen atoms in total. The zero-order valence-corrected chi connectivity index (χ0v) is 31.2. The molecule has 0 spiro atoms. The monoisotopic (exact) mass is 755 g/mol. The lowest BCUT2D eigenvalue weighted by molar-refractivity contribution is -0.359. The van der Waals surface area contributed by atoms with Gasteiger partial charge < -0.3 is 65.1 Å². The van der Waals surface area contributed by atoms with E-state index in [1.807, 2.05) is 13.0 Å². The van der Waals surface area contributed by atoms with E-state index in [-0.39, 0.29) is 18.9 Å². The SMILES string of the molecule is CC/C=C\C/C=C\C/C=C\C/C=C\CCCCC(=O)NC(COC1OC(CO)C(OC2OC(CO)C(O)C(O)C2O)C(O)C1O)C(O)/C=C/CCCC. The number of carbonyl (C=O) groups is 1. The minimum atomic E-state index is -1.79. The van der Waals surface area contributed by atoms with Crippen molar-refractivity contribution in [2.45, 2.75) is 158 Å². The zero-order valence-electron chi connectivity index (χ0n) is 31.2. The normalized spacial score (nSPS) is 31.1. The van der Waals surface area contributed by atoms with Crippen LogP contribution in [-0.2, 0) is 23.7 Å². The van der Waals surface area contributed by atoms with E-state index >= 15 is 0 Å².